The highest BCUT2D eigenvalue weighted by Crippen LogP contribution is 2.32. The van der Waals surface area contributed by atoms with Gasteiger partial charge in [0.05, 0.1) is 5.02 Å². The lowest BCUT2D eigenvalue weighted by atomic mass is 10.2. The molecule has 1 aromatic carbocycles. The van der Waals surface area contributed by atoms with Gasteiger partial charge in [0.1, 0.15) is 4.90 Å². The average Bonchev–Trinajstić information content (AvgIpc) is 3.15. The summed E-state index contributed by atoms with van der Waals surface area (Å²) in [5, 5.41) is 3.56. The molecule has 0 atom stereocenters. The van der Waals surface area contributed by atoms with Crippen LogP contribution in [0.4, 0.5) is 0 Å². The Kier molecular flexibility index (Phi) is 4.74. The van der Waals surface area contributed by atoms with Crippen LogP contribution in [0, 0.1) is 5.92 Å². The second-order valence-corrected chi connectivity index (χ2v) is 7.18. The molecule has 1 aromatic rings. The Morgan fingerprint density at radius 1 is 1.32 bits per heavy atom. The summed E-state index contributed by atoms with van der Waals surface area (Å²) in [6, 6.07) is 3.00. The zero-order chi connectivity index (χ0) is 14.0. The van der Waals surface area contributed by atoms with Crippen LogP contribution in [0.2, 0.25) is 10.0 Å². The first kappa shape index (κ1) is 15.1. The van der Waals surface area contributed by atoms with Gasteiger partial charge in [-0.1, -0.05) is 23.2 Å². The summed E-state index contributed by atoms with van der Waals surface area (Å²) in [5.41, 5.74) is 0.597. The summed E-state index contributed by atoms with van der Waals surface area (Å²) in [4.78, 5) is 0.0875. The number of hydrogen-bond donors (Lipinski definition) is 2. The maximum atomic E-state index is 12.2. The van der Waals surface area contributed by atoms with Crippen molar-refractivity contribution in [3.63, 3.8) is 0 Å². The Morgan fingerprint density at radius 3 is 2.58 bits per heavy atom. The third kappa shape index (κ3) is 3.61. The van der Waals surface area contributed by atoms with Crippen molar-refractivity contribution in [1.82, 2.24) is 10.0 Å². The molecule has 0 aromatic heterocycles. The van der Waals surface area contributed by atoms with Gasteiger partial charge in [0.15, 0.2) is 0 Å². The number of nitrogens with one attached hydrogen (secondary N) is 2. The van der Waals surface area contributed by atoms with E-state index in [1.807, 2.05) is 0 Å². The van der Waals surface area contributed by atoms with Gasteiger partial charge in [-0.3, -0.25) is 0 Å². The van der Waals surface area contributed by atoms with E-state index in [0.717, 1.165) is 12.8 Å². The summed E-state index contributed by atoms with van der Waals surface area (Å²) in [5.74, 6) is 0.470. The first-order valence-corrected chi connectivity index (χ1v) is 8.30. The normalized spacial score (nSPS) is 15.7. The highest BCUT2D eigenvalue weighted by atomic mass is 35.5. The first-order valence-electron chi connectivity index (χ1n) is 6.07. The third-order valence-corrected chi connectivity index (χ3v) is 5.42. The monoisotopic (exact) mass is 322 g/mol. The third-order valence-electron chi connectivity index (χ3n) is 3.05. The molecule has 1 aliphatic rings. The van der Waals surface area contributed by atoms with Crippen molar-refractivity contribution < 1.29 is 8.42 Å². The van der Waals surface area contributed by atoms with Gasteiger partial charge >= 0.3 is 0 Å². The fourth-order valence-electron chi connectivity index (χ4n) is 1.75. The smallest absolute Gasteiger partial charge is 0.242 e. The zero-order valence-electron chi connectivity index (χ0n) is 10.5. The minimum absolute atomic E-state index is 0.0875. The predicted octanol–water partition coefficient (Wildman–Crippen LogP) is 2.40. The Bertz CT molecular complexity index is 571. The fourth-order valence-corrected chi connectivity index (χ4v) is 3.78. The summed E-state index contributed by atoms with van der Waals surface area (Å²) in [7, 11) is -1.82. The molecular weight excluding hydrogens is 307 g/mol. The molecule has 0 radical (unpaired) electrons. The van der Waals surface area contributed by atoms with Crippen molar-refractivity contribution in [2.24, 2.45) is 5.92 Å². The molecule has 0 amide bonds. The Balaban J connectivity index is 2.29. The van der Waals surface area contributed by atoms with Crippen LogP contribution in [-0.2, 0) is 16.6 Å². The Labute approximate surface area is 123 Å². The summed E-state index contributed by atoms with van der Waals surface area (Å²) in [6.45, 7) is 0.895. The highest BCUT2D eigenvalue weighted by molar-refractivity contribution is 7.89. The lowest BCUT2D eigenvalue weighted by molar-refractivity contribution is 0.577. The Morgan fingerprint density at radius 2 is 2.00 bits per heavy atom. The van der Waals surface area contributed by atoms with Crippen LogP contribution in [0.5, 0.6) is 0 Å². The van der Waals surface area contributed by atoms with Crippen molar-refractivity contribution in [1.29, 1.82) is 0 Å². The molecule has 7 heteroatoms. The second kappa shape index (κ2) is 5.97. The predicted molar refractivity (Wildman–Crippen MR) is 77.1 cm³/mol. The maximum absolute atomic E-state index is 12.2. The molecule has 0 aliphatic heterocycles. The molecule has 2 N–H and O–H groups in total. The van der Waals surface area contributed by atoms with Crippen molar-refractivity contribution in [2.75, 3.05) is 13.6 Å². The van der Waals surface area contributed by atoms with Crippen LogP contribution in [0.1, 0.15) is 18.4 Å². The highest BCUT2D eigenvalue weighted by Gasteiger charge is 2.26. The molecule has 1 aliphatic carbocycles. The molecule has 1 fully saturated rings. The molecule has 19 heavy (non-hydrogen) atoms. The first-order chi connectivity index (χ1) is 8.95. The van der Waals surface area contributed by atoms with Gasteiger partial charge in [-0.15, -0.1) is 0 Å². The minimum Gasteiger partial charge on any atom is -0.316 e. The van der Waals surface area contributed by atoms with Gasteiger partial charge in [-0.2, -0.15) is 0 Å². The van der Waals surface area contributed by atoms with E-state index < -0.39 is 10.0 Å². The fraction of sp³-hybridized carbons (Fsp3) is 0.500. The standard InChI is InChI=1S/C12H16Cl2N2O2S/c1-15-7-9-10(13)4-5-11(12(9)14)19(17,18)16-6-8-2-3-8/h4-5,8,15-16H,2-3,6-7H2,1H3. The van der Waals surface area contributed by atoms with E-state index >= 15 is 0 Å². The van der Waals surface area contributed by atoms with E-state index in [-0.39, 0.29) is 9.92 Å². The molecular formula is C12H16Cl2N2O2S. The summed E-state index contributed by atoms with van der Waals surface area (Å²) < 4.78 is 27.0. The quantitative estimate of drug-likeness (QED) is 0.845. The van der Waals surface area contributed by atoms with Crippen molar-refractivity contribution in [3.05, 3.63) is 27.7 Å². The second-order valence-electron chi connectivity index (χ2n) is 4.66. The van der Waals surface area contributed by atoms with Crippen molar-refractivity contribution >= 4 is 33.2 Å². The average molecular weight is 323 g/mol. The van der Waals surface area contributed by atoms with Gasteiger partial charge in [0.25, 0.3) is 0 Å². The molecule has 0 spiro atoms. The van der Waals surface area contributed by atoms with E-state index in [1.165, 1.54) is 6.07 Å². The lowest BCUT2D eigenvalue weighted by Crippen LogP contribution is -2.26. The SMILES string of the molecule is CNCc1c(Cl)ccc(S(=O)(=O)NCC2CC2)c1Cl. The van der Waals surface area contributed by atoms with E-state index in [1.54, 1.807) is 13.1 Å². The molecule has 0 saturated heterocycles. The molecule has 0 heterocycles. The van der Waals surface area contributed by atoms with Crippen LogP contribution in [0.3, 0.4) is 0 Å². The summed E-state index contributed by atoms with van der Waals surface area (Å²) >= 11 is 12.2. The lowest BCUT2D eigenvalue weighted by Gasteiger charge is -2.12. The molecule has 0 unspecified atom stereocenters. The minimum atomic E-state index is -3.57. The summed E-state index contributed by atoms with van der Waals surface area (Å²) in [6.07, 6.45) is 2.17. The van der Waals surface area contributed by atoms with Crippen molar-refractivity contribution in [2.45, 2.75) is 24.3 Å². The maximum Gasteiger partial charge on any atom is 0.242 e. The van der Waals surface area contributed by atoms with E-state index in [2.05, 4.69) is 10.0 Å². The van der Waals surface area contributed by atoms with Gasteiger partial charge in [-0.05, 0) is 37.9 Å². The van der Waals surface area contributed by atoms with Crippen LogP contribution in [0.25, 0.3) is 0 Å². The van der Waals surface area contributed by atoms with E-state index in [4.69, 9.17) is 23.2 Å². The topological polar surface area (TPSA) is 58.2 Å². The largest absolute Gasteiger partial charge is 0.316 e. The van der Waals surface area contributed by atoms with Gasteiger partial charge in [0, 0.05) is 23.7 Å². The molecule has 106 valence electrons. The Hall–Kier alpha value is -0.330. The molecule has 4 nitrogen and oxygen atoms in total. The van der Waals surface area contributed by atoms with Gasteiger partial charge in [0.2, 0.25) is 10.0 Å². The van der Waals surface area contributed by atoms with Crippen LogP contribution in [-0.4, -0.2) is 22.0 Å². The van der Waals surface area contributed by atoms with Crippen LogP contribution >= 0.6 is 23.2 Å². The van der Waals surface area contributed by atoms with E-state index in [9.17, 15) is 8.42 Å². The van der Waals surface area contributed by atoms with Crippen LogP contribution < -0.4 is 10.0 Å². The molecule has 1 saturated carbocycles. The van der Waals surface area contributed by atoms with Crippen molar-refractivity contribution in [3.8, 4) is 0 Å². The molecule has 0 bridgehead atoms. The number of benzene rings is 1. The van der Waals surface area contributed by atoms with Crippen LogP contribution in [0.15, 0.2) is 17.0 Å². The number of halogens is 2. The van der Waals surface area contributed by atoms with Gasteiger partial charge < -0.3 is 5.32 Å². The number of rotatable bonds is 6. The number of hydrogen-bond acceptors (Lipinski definition) is 3. The zero-order valence-corrected chi connectivity index (χ0v) is 12.9. The number of sulfonamides is 1. The van der Waals surface area contributed by atoms with Gasteiger partial charge in [-0.25, -0.2) is 13.1 Å². The van der Waals surface area contributed by atoms with E-state index in [0.29, 0.717) is 29.6 Å². The molecule has 2 rings (SSSR count).